The summed E-state index contributed by atoms with van der Waals surface area (Å²) < 4.78 is 0. The lowest BCUT2D eigenvalue weighted by atomic mass is 9.76. The highest BCUT2D eigenvalue weighted by Gasteiger charge is 2.39. The predicted molar refractivity (Wildman–Crippen MR) is 77.3 cm³/mol. The molecule has 1 saturated carbocycles. The molecule has 1 amide bonds. The molecule has 2 rings (SSSR count). The van der Waals surface area contributed by atoms with Gasteiger partial charge in [0.05, 0.1) is 11.8 Å². The first-order chi connectivity index (χ1) is 9.47. The van der Waals surface area contributed by atoms with E-state index >= 15 is 0 Å². The van der Waals surface area contributed by atoms with Gasteiger partial charge in [0.1, 0.15) is 0 Å². The van der Waals surface area contributed by atoms with Crippen LogP contribution < -0.4 is 0 Å². The first-order valence-electron chi connectivity index (χ1n) is 7.98. The van der Waals surface area contributed by atoms with Gasteiger partial charge in [-0.3, -0.25) is 9.59 Å². The highest BCUT2D eigenvalue weighted by molar-refractivity contribution is 5.85. The second-order valence-corrected chi connectivity index (χ2v) is 6.83. The summed E-state index contributed by atoms with van der Waals surface area (Å²) in [6.07, 6.45) is 6.56. The van der Waals surface area contributed by atoms with Gasteiger partial charge >= 0.3 is 5.97 Å². The molecule has 2 aliphatic rings. The Hall–Kier alpha value is -1.06. The van der Waals surface area contributed by atoms with Crippen molar-refractivity contribution >= 4 is 11.9 Å². The number of carboxylic acids is 1. The fraction of sp³-hybridized carbons (Fsp3) is 0.875. The minimum atomic E-state index is -0.793. The maximum absolute atomic E-state index is 12.6. The zero-order chi connectivity index (χ0) is 14.8. The third-order valence-corrected chi connectivity index (χ3v) is 5.54. The summed E-state index contributed by atoms with van der Waals surface area (Å²) in [4.78, 5) is 25.9. The van der Waals surface area contributed by atoms with Crippen molar-refractivity contribution in [3.8, 4) is 0 Å². The highest BCUT2D eigenvalue weighted by Crippen LogP contribution is 2.37. The molecular weight excluding hydrogens is 254 g/mol. The molecule has 20 heavy (non-hydrogen) atoms. The number of hydrogen-bond acceptors (Lipinski definition) is 2. The van der Waals surface area contributed by atoms with Crippen molar-refractivity contribution in [3.63, 3.8) is 0 Å². The van der Waals surface area contributed by atoms with Crippen molar-refractivity contribution < 1.29 is 14.7 Å². The van der Waals surface area contributed by atoms with Crippen LogP contribution in [0.1, 0.15) is 58.8 Å². The summed E-state index contributed by atoms with van der Waals surface area (Å²) in [5.74, 6) is -1.45. The second-order valence-electron chi connectivity index (χ2n) is 6.83. The summed E-state index contributed by atoms with van der Waals surface area (Å²) in [7, 11) is 0. The van der Waals surface area contributed by atoms with Gasteiger partial charge in [0.15, 0.2) is 0 Å². The number of carbonyl (C=O) groups is 2. The number of piperidine rings is 1. The van der Waals surface area contributed by atoms with Gasteiger partial charge in [-0.05, 0) is 31.1 Å². The van der Waals surface area contributed by atoms with Crippen molar-refractivity contribution in [2.24, 2.45) is 17.3 Å². The fourth-order valence-electron chi connectivity index (χ4n) is 3.58. The molecule has 1 aliphatic carbocycles. The Balaban J connectivity index is 1.98. The quantitative estimate of drug-likeness (QED) is 0.865. The summed E-state index contributed by atoms with van der Waals surface area (Å²) in [6.45, 7) is 6.09. The van der Waals surface area contributed by atoms with E-state index in [1.54, 1.807) is 0 Å². The Labute approximate surface area is 121 Å². The lowest BCUT2D eigenvalue weighted by molar-refractivity contribution is -0.153. The van der Waals surface area contributed by atoms with Crippen molar-refractivity contribution in [1.29, 1.82) is 0 Å². The van der Waals surface area contributed by atoms with Crippen LogP contribution in [0.15, 0.2) is 0 Å². The molecule has 2 atom stereocenters. The lowest BCUT2D eigenvalue weighted by Crippen LogP contribution is -2.47. The third-order valence-electron chi connectivity index (χ3n) is 5.54. The second kappa shape index (κ2) is 6.15. The maximum Gasteiger partial charge on any atom is 0.307 e. The number of hydrogen-bond donors (Lipinski definition) is 1. The molecule has 0 spiro atoms. The number of likely N-dealkylation sites (tertiary alicyclic amines) is 1. The molecular formula is C16H27NO3. The summed E-state index contributed by atoms with van der Waals surface area (Å²) in [6, 6.07) is 0. The van der Waals surface area contributed by atoms with Crippen LogP contribution in [0.5, 0.6) is 0 Å². The van der Waals surface area contributed by atoms with Gasteiger partial charge in [-0.15, -0.1) is 0 Å². The Bertz CT molecular complexity index is 372. The molecule has 114 valence electrons. The topological polar surface area (TPSA) is 57.6 Å². The molecule has 2 fully saturated rings. The summed E-state index contributed by atoms with van der Waals surface area (Å²) in [5.41, 5.74) is 0.357. The van der Waals surface area contributed by atoms with Gasteiger partial charge in [-0.2, -0.15) is 0 Å². The monoisotopic (exact) mass is 281 g/mol. The number of amides is 1. The van der Waals surface area contributed by atoms with Crippen LogP contribution in [0.3, 0.4) is 0 Å². The number of carboxylic acid groups (broad SMARTS) is 1. The number of aliphatic carboxylic acids is 1. The van der Waals surface area contributed by atoms with E-state index in [1.807, 2.05) is 4.90 Å². The molecule has 0 unspecified atom stereocenters. The van der Waals surface area contributed by atoms with Gasteiger partial charge in [0.2, 0.25) is 5.91 Å². The minimum absolute atomic E-state index is 0.0928. The average Bonchev–Trinajstić information content (AvgIpc) is 2.47. The Morgan fingerprint density at radius 2 is 1.70 bits per heavy atom. The van der Waals surface area contributed by atoms with E-state index in [0.29, 0.717) is 11.8 Å². The molecule has 1 saturated heterocycles. The van der Waals surface area contributed by atoms with Crippen molar-refractivity contribution in [1.82, 2.24) is 4.90 Å². The van der Waals surface area contributed by atoms with Gasteiger partial charge in [-0.1, -0.05) is 33.1 Å². The van der Waals surface area contributed by atoms with Crippen LogP contribution in [0.2, 0.25) is 0 Å². The smallest absolute Gasteiger partial charge is 0.307 e. The van der Waals surface area contributed by atoms with Crippen molar-refractivity contribution in [2.75, 3.05) is 13.1 Å². The zero-order valence-corrected chi connectivity index (χ0v) is 12.7. The number of nitrogens with zero attached hydrogens (tertiary/aromatic N) is 1. The average molecular weight is 281 g/mol. The van der Waals surface area contributed by atoms with Gasteiger partial charge in [-0.25, -0.2) is 0 Å². The number of rotatable bonds is 3. The van der Waals surface area contributed by atoms with Crippen LogP contribution in [-0.2, 0) is 9.59 Å². The van der Waals surface area contributed by atoms with Crippen LogP contribution in [0, 0.1) is 17.3 Å². The van der Waals surface area contributed by atoms with Crippen molar-refractivity contribution in [2.45, 2.75) is 58.8 Å². The molecule has 4 heteroatoms. The molecule has 1 heterocycles. The van der Waals surface area contributed by atoms with E-state index in [4.69, 9.17) is 0 Å². The fourth-order valence-corrected chi connectivity index (χ4v) is 3.58. The van der Waals surface area contributed by atoms with Gasteiger partial charge in [0, 0.05) is 13.1 Å². The van der Waals surface area contributed by atoms with E-state index < -0.39 is 11.9 Å². The number of carbonyl (C=O) groups excluding carboxylic acids is 1. The van der Waals surface area contributed by atoms with Crippen LogP contribution in [-0.4, -0.2) is 35.0 Å². The van der Waals surface area contributed by atoms with Crippen LogP contribution in [0.25, 0.3) is 0 Å². The largest absolute Gasteiger partial charge is 0.481 e. The molecule has 0 bridgehead atoms. The van der Waals surface area contributed by atoms with E-state index in [-0.39, 0.29) is 11.8 Å². The maximum atomic E-state index is 12.6. The third kappa shape index (κ3) is 3.15. The van der Waals surface area contributed by atoms with Gasteiger partial charge < -0.3 is 10.0 Å². The first kappa shape index (κ1) is 15.3. The Morgan fingerprint density at radius 1 is 1.15 bits per heavy atom. The minimum Gasteiger partial charge on any atom is -0.481 e. The van der Waals surface area contributed by atoms with Crippen molar-refractivity contribution in [3.05, 3.63) is 0 Å². The first-order valence-corrected chi connectivity index (χ1v) is 7.98. The van der Waals surface area contributed by atoms with E-state index in [9.17, 15) is 14.7 Å². The molecule has 0 aromatic carbocycles. The molecule has 0 aromatic heterocycles. The van der Waals surface area contributed by atoms with Crippen LogP contribution in [0.4, 0.5) is 0 Å². The van der Waals surface area contributed by atoms with Gasteiger partial charge in [0.25, 0.3) is 0 Å². The molecule has 0 aromatic rings. The van der Waals surface area contributed by atoms with Crippen LogP contribution >= 0.6 is 0 Å². The highest BCUT2D eigenvalue weighted by atomic mass is 16.4. The van der Waals surface area contributed by atoms with E-state index in [1.165, 1.54) is 0 Å². The Morgan fingerprint density at radius 3 is 2.20 bits per heavy atom. The van der Waals surface area contributed by atoms with E-state index in [0.717, 1.165) is 51.6 Å². The van der Waals surface area contributed by atoms with E-state index in [2.05, 4.69) is 13.8 Å². The molecule has 4 nitrogen and oxygen atoms in total. The normalized spacial score (nSPS) is 30.0. The molecule has 1 N–H and O–H groups in total. The Kier molecular flexibility index (Phi) is 4.71. The zero-order valence-electron chi connectivity index (χ0n) is 12.7. The summed E-state index contributed by atoms with van der Waals surface area (Å²) in [5, 5.41) is 9.31. The standard InChI is InChI=1S/C16H27NO3/c1-3-16(2)8-10-17(11-9-16)14(18)12-6-4-5-7-13(12)15(19)20/h12-13H,3-11H2,1-2H3,(H,19,20)/t12-,13+/m1/s1. The summed E-state index contributed by atoms with van der Waals surface area (Å²) >= 11 is 0. The molecule has 0 radical (unpaired) electrons. The lowest BCUT2D eigenvalue weighted by Gasteiger charge is -2.41. The predicted octanol–water partition coefficient (Wildman–Crippen LogP) is 2.92. The SMILES string of the molecule is CCC1(C)CCN(C(=O)[C@@H]2CCCC[C@@H]2C(=O)O)CC1. The molecule has 1 aliphatic heterocycles.